The molecular formula is C14H18N2O2. The van der Waals surface area contributed by atoms with Gasteiger partial charge in [-0.05, 0) is 32.0 Å². The lowest BCUT2D eigenvalue weighted by Crippen LogP contribution is -2.19. The molecule has 18 heavy (non-hydrogen) atoms. The van der Waals surface area contributed by atoms with Crippen LogP contribution in [0.2, 0.25) is 0 Å². The van der Waals surface area contributed by atoms with Crippen LogP contribution in [0.15, 0.2) is 30.5 Å². The number of pyridine rings is 1. The number of nitrogens with two attached hydrogens (primary N) is 1. The zero-order valence-corrected chi connectivity index (χ0v) is 10.7. The first-order chi connectivity index (χ1) is 8.72. The van der Waals surface area contributed by atoms with Crippen LogP contribution in [0, 0.1) is 0 Å². The summed E-state index contributed by atoms with van der Waals surface area (Å²) in [5.41, 5.74) is 7.33. The summed E-state index contributed by atoms with van der Waals surface area (Å²) in [6, 6.07) is 7.55. The number of nitrogen functional groups attached to an aromatic ring is 1. The Labute approximate surface area is 107 Å². The molecule has 1 unspecified atom stereocenters. The zero-order valence-electron chi connectivity index (χ0n) is 10.7. The second-order valence-electron chi connectivity index (χ2n) is 4.14. The van der Waals surface area contributed by atoms with Gasteiger partial charge in [-0.3, -0.25) is 4.98 Å². The molecule has 1 heterocycles. The van der Waals surface area contributed by atoms with Gasteiger partial charge in [-0.2, -0.15) is 0 Å². The summed E-state index contributed by atoms with van der Waals surface area (Å²) in [6.45, 7) is 5.21. The lowest BCUT2D eigenvalue weighted by molar-refractivity contribution is 0.0665. The number of rotatable bonds is 5. The first-order valence-electron chi connectivity index (χ1n) is 6.10. The maximum absolute atomic E-state index is 5.89. The molecule has 0 aliphatic heterocycles. The number of aromatic nitrogens is 1. The normalized spacial score (nSPS) is 12.6. The Bertz CT molecular complexity index is 528. The fourth-order valence-corrected chi connectivity index (χ4v) is 1.81. The Morgan fingerprint density at radius 3 is 2.94 bits per heavy atom. The highest BCUT2D eigenvalue weighted by molar-refractivity contribution is 5.93. The highest BCUT2D eigenvalue weighted by Crippen LogP contribution is 2.27. The molecular weight excluding hydrogens is 228 g/mol. The molecule has 0 saturated carbocycles. The Morgan fingerprint density at radius 2 is 2.17 bits per heavy atom. The van der Waals surface area contributed by atoms with Crippen molar-refractivity contribution in [1.82, 2.24) is 4.98 Å². The van der Waals surface area contributed by atoms with Crippen molar-refractivity contribution in [3.05, 3.63) is 30.5 Å². The van der Waals surface area contributed by atoms with Gasteiger partial charge in [0.1, 0.15) is 11.9 Å². The van der Waals surface area contributed by atoms with Gasteiger partial charge in [-0.15, -0.1) is 0 Å². The summed E-state index contributed by atoms with van der Waals surface area (Å²) in [5.74, 6) is 0.791. The predicted octanol–water partition coefficient (Wildman–Crippen LogP) is 2.62. The predicted molar refractivity (Wildman–Crippen MR) is 72.7 cm³/mol. The SMILES string of the molecule is CCOCC(C)Oc1ccnc2c(N)cccc12. The Kier molecular flexibility index (Phi) is 3.99. The minimum Gasteiger partial charge on any atom is -0.488 e. The number of benzene rings is 1. The number of hydrogen-bond donors (Lipinski definition) is 1. The van der Waals surface area contributed by atoms with Crippen LogP contribution in [0.25, 0.3) is 10.9 Å². The van der Waals surface area contributed by atoms with Gasteiger partial charge in [0.2, 0.25) is 0 Å². The summed E-state index contributed by atoms with van der Waals surface area (Å²) in [4.78, 5) is 4.27. The number of anilines is 1. The molecule has 2 rings (SSSR count). The van der Waals surface area contributed by atoms with Crippen molar-refractivity contribution >= 4 is 16.6 Å². The van der Waals surface area contributed by atoms with Crippen LogP contribution in [-0.2, 0) is 4.74 Å². The van der Waals surface area contributed by atoms with Crippen LogP contribution in [0.5, 0.6) is 5.75 Å². The standard InChI is InChI=1S/C14H18N2O2/c1-3-17-9-10(2)18-13-7-8-16-14-11(13)5-4-6-12(14)15/h4-8,10H,3,9,15H2,1-2H3. The quantitative estimate of drug-likeness (QED) is 0.824. The van der Waals surface area contributed by atoms with E-state index in [0.29, 0.717) is 18.9 Å². The van der Waals surface area contributed by atoms with E-state index in [2.05, 4.69) is 4.98 Å². The van der Waals surface area contributed by atoms with Crippen molar-refractivity contribution in [1.29, 1.82) is 0 Å². The molecule has 0 amide bonds. The van der Waals surface area contributed by atoms with Crippen molar-refractivity contribution in [3.8, 4) is 5.75 Å². The largest absolute Gasteiger partial charge is 0.488 e. The van der Waals surface area contributed by atoms with Crippen molar-refractivity contribution < 1.29 is 9.47 Å². The molecule has 0 aliphatic carbocycles. The summed E-state index contributed by atoms with van der Waals surface area (Å²) in [5, 5.41) is 0.931. The molecule has 0 spiro atoms. The lowest BCUT2D eigenvalue weighted by Gasteiger charge is -2.16. The fourth-order valence-electron chi connectivity index (χ4n) is 1.81. The molecule has 2 N–H and O–H groups in total. The van der Waals surface area contributed by atoms with E-state index >= 15 is 0 Å². The van der Waals surface area contributed by atoms with Crippen LogP contribution in [0.1, 0.15) is 13.8 Å². The minimum atomic E-state index is -0.00280. The van der Waals surface area contributed by atoms with E-state index in [9.17, 15) is 0 Å². The molecule has 0 fully saturated rings. The van der Waals surface area contributed by atoms with E-state index < -0.39 is 0 Å². The molecule has 1 atom stereocenters. The Balaban J connectivity index is 2.25. The van der Waals surface area contributed by atoms with Gasteiger partial charge in [0.05, 0.1) is 17.8 Å². The van der Waals surface area contributed by atoms with E-state index in [0.717, 1.165) is 16.7 Å². The molecule has 96 valence electrons. The second kappa shape index (κ2) is 5.69. The maximum atomic E-state index is 5.89. The van der Waals surface area contributed by atoms with Gasteiger partial charge < -0.3 is 15.2 Å². The third-order valence-corrected chi connectivity index (χ3v) is 2.65. The topological polar surface area (TPSA) is 57.4 Å². The van der Waals surface area contributed by atoms with E-state index in [4.69, 9.17) is 15.2 Å². The lowest BCUT2D eigenvalue weighted by atomic mass is 10.2. The van der Waals surface area contributed by atoms with Gasteiger partial charge in [0.15, 0.2) is 0 Å². The van der Waals surface area contributed by atoms with Crippen LogP contribution in [0.3, 0.4) is 0 Å². The third-order valence-electron chi connectivity index (χ3n) is 2.65. The van der Waals surface area contributed by atoms with E-state index in [1.54, 1.807) is 6.20 Å². The third kappa shape index (κ3) is 2.71. The van der Waals surface area contributed by atoms with Crippen molar-refractivity contribution in [2.75, 3.05) is 18.9 Å². The highest BCUT2D eigenvalue weighted by Gasteiger charge is 2.09. The Hall–Kier alpha value is -1.81. The molecule has 4 nitrogen and oxygen atoms in total. The summed E-state index contributed by atoms with van der Waals surface area (Å²) >= 11 is 0. The number of ether oxygens (including phenoxy) is 2. The van der Waals surface area contributed by atoms with Crippen molar-refractivity contribution in [3.63, 3.8) is 0 Å². The highest BCUT2D eigenvalue weighted by atomic mass is 16.5. The van der Waals surface area contributed by atoms with E-state index in [1.165, 1.54) is 0 Å². The van der Waals surface area contributed by atoms with Crippen LogP contribution in [0.4, 0.5) is 5.69 Å². The molecule has 0 radical (unpaired) electrons. The molecule has 4 heteroatoms. The summed E-state index contributed by atoms with van der Waals surface area (Å²) < 4.78 is 11.2. The van der Waals surface area contributed by atoms with Gasteiger partial charge in [0.25, 0.3) is 0 Å². The van der Waals surface area contributed by atoms with E-state index in [-0.39, 0.29) is 6.10 Å². The number of nitrogens with zero attached hydrogens (tertiary/aromatic N) is 1. The van der Waals surface area contributed by atoms with Crippen LogP contribution in [-0.4, -0.2) is 24.3 Å². The van der Waals surface area contributed by atoms with Crippen molar-refractivity contribution in [2.24, 2.45) is 0 Å². The Morgan fingerprint density at radius 1 is 1.33 bits per heavy atom. The zero-order chi connectivity index (χ0) is 13.0. The van der Waals surface area contributed by atoms with Gasteiger partial charge in [-0.25, -0.2) is 0 Å². The summed E-state index contributed by atoms with van der Waals surface area (Å²) in [7, 11) is 0. The van der Waals surface area contributed by atoms with Gasteiger partial charge in [0, 0.05) is 18.2 Å². The molecule has 0 saturated heterocycles. The average Bonchev–Trinajstić information content (AvgIpc) is 2.38. The molecule has 1 aromatic heterocycles. The minimum absolute atomic E-state index is 0.00280. The molecule has 0 aliphatic rings. The number of hydrogen-bond acceptors (Lipinski definition) is 4. The van der Waals surface area contributed by atoms with Crippen molar-refractivity contribution in [2.45, 2.75) is 20.0 Å². The number of para-hydroxylation sites is 1. The van der Waals surface area contributed by atoms with Crippen LogP contribution < -0.4 is 10.5 Å². The first kappa shape index (κ1) is 12.6. The monoisotopic (exact) mass is 246 g/mol. The maximum Gasteiger partial charge on any atom is 0.130 e. The van der Waals surface area contributed by atoms with Gasteiger partial charge >= 0.3 is 0 Å². The van der Waals surface area contributed by atoms with Crippen LogP contribution >= 0.6 is 0 Å². The summed E-state index contributed by atoms with van der Waals surface area (Å²) in [6.07, 6.45) is 1.71. The fraction of sp³-hybridized carbons (Fsp3) is 0.357. The molecule has 2 aromatic rings. The second-order valence-corrected chi connectivity index (χ2v) is 4.14. The molecule has 0 bridgehead atoms. The number of fused-ring (bicyclic) bond motifs is 1. The van der Waals surface area contributed by atoms with E-state index in [1.807, 2.05) is 38.1 Å². The molecule has 1 aromatic carbocycles. The first-order valence-corrected chi connectivity index (χ1v) is 6.10. The average molecular weight is 246 g/mol. The van der Waals surface area contributed by atoms with Gasteiger partial charge in [-0.1, -0.05) is 6.07 Å². The smallest absolute Gasteiger partial charge is 0.130 e.